The Kier molecular flexibility index (Phi) is 3.53. The Labute approximate surface area is 76.1 Å². The molecule has 1 aliphatic rings. The molecule has 0 saturated carbocycles. The Morgan fingerprint density at radius 3 is 2.67 bits per heavy atom. The summed E-state index contributed by atoms with van der Waals surface area (Å²) in [6, 6.07) is 0.602. The summed E-state index contributed by atoms with van der Waals surface area (Å²) >= 11 is 0. The third kappa shape index (κ3) is 3.11. The molecule has 1 unspecified atom stereocenters. The van der Waals surface area contributed by atoms with Crippen LogP contribution in [0.25, 0.3) is 0 Å². The Morgan fingerprint density at radius 1 is 1.42 bits per heavy atom. The number of rotatable bonds is 3. The van der Waals surface area contributed by atoms with Gasteiger partial charge in [0.25, 0.3) is 0 Å². The number of hydrogen-bond acceptors (Lipinski definition) is 2. The normalized spacial score (nSPS) is 31.0. The van der Waals surface area contributed by atoms with Crippen LogP contribution < -0.4 is 10.6 Å². The van der Waals surface area contributed by atoms with Gasteiger partial charge in [-0.1, -0.05) is 20.3 Å². The fraction of sp³-hybridized carbons (Fsp3) is 1.00. The Hall–Kier alpha value is -0.0800. The summed E-state index contributed by atoms with van der Waals surface area (Å²) in [5, 5.41) is 7.08. The van der Waals surface area contributed by atoms with Gasteiger partial charge in [0.2, 0.25) is 0 Å². The molecule has 12 heavy (non-hydrogen) atoms. The smallest absolute Gasteiger partial charge is 0.0278 e. The van der Waals surface area contributed by atoms with Crippen molar-refractivity contribution in [2.24, 2.45) is 0 Å². The molecule has 72 valence electrons. The predicted octanol–water partition coefficient (Wildman–Crippen LogP) is 1.52. The molecule has 1 fully saturated rings. The lowest BCUT2D eigenvalue weighted by atomic mass is 9.91. The van der Waals surface area contributed by atoms with Crippen molar-refractivity contribution < 1.29 is 0 Å². The third-order valence-corrected chi connectivity index (χ3v) is 2.61. The minimum absolute atomic E-state index is 0.350. The molecule has 1 saturated heterocycles. The molecular formula is C10H22N2. The van der Waals surface area contributed by atoms with Crippen molar-refractivity contribution in [1.82, 2.24) is 10.6 Å². The fourth-order valence-electron chi connectivity index (χ4n) is 1.70. The summed E-state index contributed by atoms with van der Waals surface area (Å²) in [4.78, 5) is 0. The van der Waals surface area contributed by atoms with Gasteiger partial charge in [0.1, 0.15) is 0 Å². The van der Waals surface area contributed by atoms with E-state index in [-0.39, 0.29) is 0 Å². The van der Waals surface area contributed by atoms with E-state index in [9.17, 15) is 0 Å². The maximum absolute atomic E-state index is 3.59. The molecule has 1 aliphatic heterocycles. The summed E-state index contributed by atoms with van der Waals surface area (Å²) in [5.41, 5.74) is 0.350. The summed E-state index contributed by atoms with van der Waals surface area (Å²) in [6.45, 7) is 9.01. The van der Waals surface area contributed by atoms with Gasteiger partial charge in [-0.15, -0.1) is 0 Å². The van der Waals surface area contributed by atoms with Crippen molar-refractivity contribution in [2.45, 2.75) is 51.6 Å². The SMILES string of the molecule is CC(C)NCC1(C)CCCCN1. The van der Waals surface area contributed by atoms with Gasteiger partial charge in [-0.2, -0.15) is 0 Å². The average Bonchev–Trinajstić information content (AvgIpc) is 2.03. The van der Waals surface area contributed by atoms with E-state index in [1.807, 2.05) is 0 Å². The summed E-state index contributed by atoms with van der Waals surface area (Å²) < 4.78 is 0. The van der Waals surface area contributed by atoms with Crippen LogP contribution in [0.15, 0.2) is 0 Å². The standard InChI is InChI=1S/C10H22N2/c1-9(2)11-8-10(3)6-4-5-7-12-10/h9,11-12H,4-8H2,1-3H3. The molecule has 0 aromatic heterocycles. The van der Waals surface area contributed by atoms with E-state index < -0.39 is 0 Å². The molecular weight excluding hydrogens is 148 g/mol. The van der Waals surface area contributed by atoms with E-state index in [1.165, 1.54) is 25.8 Å². The van der Waals surface area contributed by atoms with Crippen molar-refractivity contribution in [2.75, 3.05) is 13.1 Å². The van der Waals surface area contributed by atoms with E-state index in [4.69, 9.17) is 0 Å². The minimum Gasteiger partial charge on any atom is -0.313 e. The maximum atomic E-state index is 3.59. The Bertz CT molecular complexity index is 126. The lowest BCUT2D eigenvalue weighted by Gasteiger charge is -2.35. The molecule has 1 rings (SSSR count). The van der Waals surface area contributed by atoms with Crippen LogP contribution in [-0.2, 0) is 0 Å². The van der Waals surface area contributed by atoms with Gasteiger partial charge in [0, 0.05) is 18.1 Å². The van der Waals surface area contributed by atoms with Crippen LogP contribution in [0.2, 0.25) is 0 Å². The van der Waals surface area contributed by atoms with E-state index in [0.717, 1.165) is 6.54 Å². The van der Waals surface area contributed by atoms with Crippen LogP contribution >= 0.6 is 0 Å². The maximum Gasteiger partial charge on any atom is 0.0278 e. The molecule has 0 spiro atoms. The molecule has 0 bridgehead atoms. The average molecular weight is 170 g/mol. The Morgan fingerprint density at radius 2 is 2.17 bits per heavy atom. The zero-order valence-electron chi connectivity index (χ0n) is 8.61. The molecule has 2 nitrogen and oxygen atoms in total. The van der Waals surface area contributed by atoms with E-state index >= 15 is 0 Å². The first kappa shape index (κ1) is 10.0. The molecule has 1 heterocycles. The molecule has 1 atom stereocenters. The molecule has 2 heteroatoms. The van der Waals surface area contributed by atoms with Gasteiger partial charge >= 0.3 is 0 Å². The highest BCUT2D eigenvalue weighted by atomic mass is 15.0. The van der Waals surface area contributed by atoms with Crippen LogP contribution in [0.3, 0.4) is 0 Å². The second-order valence-electron chi connectivity index (χ2n) is 4.48. The highest BCUT2D eigenvalue weighted by Gasteiger charge is 2.25. The van der Waals surface area contributed by atoms with Gasteiger partial charge in [0.05, 0.1) is 0 Å². The first-order valence-electron chi connectivity index (χ1n) is 5.11. The van der Waals surface area contributed by atoms with Gasteiger partial charge in [-0.05, 0) is 26.3 Å². The van der Waals surface area contributed by atoms with E-state index in [2.05, 4.69) is 31.4 Å². The monoisotopic (exact) mass is 170 g/mol. The van der Waals surface area contributed by atoms with Crippen LogP contribution in [0.5, 0.6) is 0 Å². The van der Waals surface area contributed by atoms with Crippen molar-refractivity contribution in [3.8, 4) is 0 Å². The topological polar surface area (TPSA) is 24.1 Å². The van der Waals surface area contributed by atoms with E-state index in [0.29, 0.717) is 11.6 Å². The molecule has 0 aromatic rings. The van der Waals surface area contributed by atoms with Crippen LogP contribution in [0.4, 0.5) is 0 Å². The van der Waals surface area contributed by atoms with Crippen LogP contribution in [0, 0.1) is 0 Å². The first-order chi connectivity index (χ1) is 5.62. The van der Waals surface area contributed by atoms with Gasteiger partial charge in [-0.25, -0.2) is 0 Å². The zero-order valence-corrected chi connectivity index (χ0v) is 8.61. The second-order valence-corrected chi connectivity index (χ2v) is 4.48. The first-order valence-corrected chi connectivity index (χ1v) is 5.11. The highest BCUT2D eigenvalue weighted by molar-refractivity contribution is 4.88. The largest absolute Gasteiger partial charge is 0.313 e. The van der Waals surface area contributed by atoms with E-state index in [1.54, 1.807) is 0 Å². The number of piperidine rings is 1. The third-order valence-electron chi connectivity index (χ3n) is 2.61. The molecule has 2 N–H and O–H groups in total. The van der Waals surface area contributed by atoms with Crippen molar-refractivity contribution >= 4 is 0 Å². The van der Waals surface area contributed by atoms with Gasteiger partial charge < -0.3 is 10.6 Å². The minimum atomic E-state index is 0.350. The summed E-state index contributed by atoms with van der Waals surface area (Å²) in [6.07, 6.45) is 4.03. The number of hydrogen-bond donors (Lipinski definition) is 2. The van der Waals surface area contributed by atoms with Gasteiger partial charge in [-0.3, -0.25) is 0 Å². The Balaban J connectivity index is 2.26. The highest BCUT2D eigenvalue weighted by Crippen LogP contribution is 2.17. The predicted molar refractivity (Wildman–Crippen MR) is 53.4 cm³/mol. The molecule has 0 amide bonds. The van der Waals surface area contributed by atoms with Crippen LogP contribution in [-0.4, -0.2) is 24.7 Å². The quantitative estimate of drug-likeness (QED) is 0.671. The molecule has 0 radical (unpaired) electrons. The van der Waals surface area contributed by atoms with Crippen LogP contribution in [0.1, 0.15) is 40.0 Å². The van der Waals surface area contributed by atoms with Crippen molar-refractivity contribution in [3.05, 3.63) is 0 Å². The zero-order chi connectivity index (χ0) is 9.03. The fourth-order valence-corrected chi connectivity index (χ4v) is 1.70. The molecule has 0 aliphatic carbocycles. The number of nitrogens with one attached hydrogen (secondary N) is 2. The summed E-state index contributed by atoms with van der Waals surface area (Å²) in [5.74, 6) is 0. The lowest BCUT2D eigenvalue weighted by Crippen LogP contribution is -2.53. The van der Waals surface area contributed by atoms with Gasteiger partial charge in [0.15, 0.2) is 0 Å². The van der Waals surface area contributed by atoms with Crippen molar-refractivity contribution in [3.63, 3.8) is 0 Å². The second kappa shape index (κ2) is 4.24. The van der Waals surface area contributed by atoms with Crippen molar-refractivity contribution in [1.29, 1.82) is 0 Å². The lowest BCUT2D eigenvalue weighted by molar-refractivity contribution is 0.261. The summed E-state index contributed by atoms with van der Waals surface area (Å²) in [7, 11) is 0. The molecule has 0 aromatic carbocycles.